The highest BCUT2D eigenvalue weighted by Gasteiger charge is 2.25. The third kappa shape index (κ3) is 5.77. The molecule has 0 aliphatic carbocycles. The first-order valence-electron chi connectivity index (χ1n) is 11.3. The number of sulfonamides is 1. The van der Waals surface area contributed by atoms with E-state index in [-0.39, 0.29) is 22.2 Å². The van der Waals surface area contributed by atoms with E-state index in [0.29, 0.717) is 24.7 Å². The van der Waals surface area contributed by atoms with Crippen LogP contribution in [0.1, 0.15) is 35.8 Å². The molecule has 3 aromatic carbocycles. The maximum atomic E-state index is 13.0. The van der Waals surface area contributed by atoms with Crippen molar-refractivity contribution in [2.45, 2.75) is 30.9 Å². The number of ether oxygens (including phenoxy) is 3. The maximum absolute atomic E-state index is 13.0. The largest absolute Gasteiger partial charge is 0.486 e. The Morgan fingerprint density at radius 3 is 2.31 bits per heavy atom. The van der Waals surface area contributed by atoms with Gasteiger partial charge in [0.15, 0.2) is 17.6 Å². The van der Waals surface area contributed by atoms with Crippen LogP contribution in [0.4, 0.5) is 5.69 Å². The first kappa shape index (κ1) is 25.1. The van der Waals surface area contributed by atoms with E-state index in [0.717, 1.165) is 5.56 Å². The van der Waals surface area contributed by atoms with Crippen LogP contribution in [0.25, 0.3) is 0 Å². The Balaban J connectivity index is 1.45. The van der Waals surface area contributed by atoms with Crippen LogP contribution in [0.2, 0.25) is 0 Å². The number of esters is 1. The topological polar surface area (TPSA) is 120 Å². The molecule has 0 bridgehead atoms. The highest BCUT2D eigenvalue weighted by molar-refractivity contribution is 7.92. The van der Waals surface area contributed by atoms with Crippen molar-refractivity contribution in [3.8, 4) is 11.5 Å². The lowest BCUT2D eigenvalue weighted by Crippen LogP contribution is -2.37. The van der Waals surface area contributed by atoms with Gasteiger partial charge in [-0.25, -0.2) is 13.2 Å². The van der Waals surface area contributed by atoms with Gasteiger partial charge in [0.1, 0.15) is 13.2 Å². The Morgan fingerprint density at radius 1 is 0.889 bits per heavy atom. The van der Waals surface area contributed by atoms with E-state index in [2.05, 4.69) is 10.0 Å². The van der Waals surface area contributed by atoms with Crippen molar-refractivity contribution in [1.82, 2.24) is 5.32 Å². The second kappa shape index (κ2) is 10.7. The predicted molar refractivity (Wildman–Crippen MR) is 133 cm³/mol. The Bertz CT molecular complexity index is 1360. The molecule has 1 aliphatic heterocycles. The number of hydrogen-bond donors (Lipinski definition) is 2. The summed E-state index contributed by atoms with van der Waals surface area (Å²) in [5.41, 5.74) is 0.889. The number of amides is 1. The summed E-state index contributed by atoms with van der Waals surface area (Å²) in [6, 6.07) is 19.3. The molecule has 0 radical (unpaired) electrons. The fourth-order valence-corrected chi connectivity index (χ4v) is 4.67. The zero-order valence-electron chi connectivity index (χ0n) is 19.8. The number of carbonyl (C=O) groups is 2. The minimum Gasteiger partial charge on any atom is -0.486 e. The molecule has 0 aromatic heterocycles. The van der Waals surface area contributed by atoms with Crippen molar-refractivity contribution < 1.29 is 32.2 Å². The molecule has 1 amide bonds. The maximum Gasteiger partial charge on any atom is 0.341 e. The molecule has 3 aromatic rings. The molecule has 36 heavy (non-hydrogen) atoms. The fourth-order valence-electron chi connectivity index (χ4n) is 3.58. The monoisotopic (exact) mass is 510 g/mol. The van der Waals surface area contributed by atoms with E-state index in [1.165, 1.54) is 37.3 Å². The van der Waals surface area contributed by atoms with Crippen molar-refractivity contribution in [1.29, 1.82) is 0 Å². The lowest BCUT2D eigenvalue weighted by Gasteiger charge is -2.20. The quantitative estimate of drug-likeness (QED) is 0.444. The SMILES string of the molecule is C[C@H](OC(=O)c1ccccc1NS(=O)(=O)c1ccc2c(c1)OCCO2)C(=O)N[C@H](C)c1ccccc1. The highest BCUT2D eigenvalue weighted by atomic mass is 32.2. The number of hydrogen-bond acceptors (Lipinski definition) is 7. The van der Waals surface area contributed by atoms with E-state index in [9.17, 15) is 18.0 Å². The molecular weight excluding hydrogens is 484 g/mol. The summed E-state index contributed by atoms with van der Waals surface area (Å²) in [7, 11) is -4.07. The molecule has 10 heteroatoms. The summed E-state index contributed by atoms with van der Waals surface area (Å²) in [5.74, 6) is -0.543. The van der Waals surface area contributed by atoms with Crippen LogP contribution in [0.5, 0.6) is 11.5 Å². The van der Waals surface area contributed by atoms with Gasteiger partial charge in [-0.15, -0.1) is 0 Å². The van der Waals surface area contributed by atoms with Gasteiger partial charge in [0, 0.05) is 6.07 Å². The van der Waals surface area contributed by atoms with Gasteiger partial charge in [-0.1, -0.05) is 42.5 Å². The summed E-state index contributed by atoms with van der Waals surface area (Å²) < 4.78 is 44.7. The molecule has 0 unspecified atom stereocenters. The first-order valence-corrected chi connectivity index (χ1v) is 12.8. The molecule has 0 spiro atoms. The second-order valence-electron chi connectivity index (χ2n) is 8.15. The predicted octanol–water partition coefficient (Wildman–Crippen LogP) is 3.68. The highest BCUT2D eigenvalue weighted by Crippen LogP contribution is 2.33. The summed E-state index contributed by atoms with van der Waals surface area (Å²) in [5, 5.41) is 2.80. The molecule has 188 valence electrons. The van der Waals surface area contributed by atoms with Crippen molar-refractivity contribution in [3.63, 3.8) is 0 Å². The summed E-state index contributed by atoms with van der Waals surface area (Å²) in [6.07, 6.45) is -1.11. The Labute approximate surface area is 209 Å². The van der Waals surface area contributed by atoms with Crippen LogP contribution in [0.15, 0.2) is 77.7 Å². The number of rotatable bonds is 8. The molecular formula is C26H26N2O7S. The van der Waals surface area contributed by atoms with E-state index < -0.39 is 28.0 Å². The number of benzene rings is 3. The van der Waals surface area contributed by atoms with E-state index in [1.54, 1.807) is 12.1 Å². The lowest BCUT2D eigenvalue weighted by atomic mass is 10.1. The van der Waals surface area contributed by atoms with Crippen LogP contribution in [0.3, 0.4) is 0 Å². The van der Waals surface area contributed by atoms with Gasteiger partial charge in [-0.2, -0.15) is 0 Å². The van der Waals surface area contributed by atoms with Crippen LogP contribution < -0.4 is 19.5 Å². The first-order chi connectivity index (χ1) is 17.2. The van der Waals surface area contributed by atoms with Crippen molar-refractivity contribution in [2.24, 2.45) is 0 Å². The summed E-state index contributed by atoms with van der Waals surface area (Å²) in [4.78, 5) is 25.4. The molecule has 0 saturated heterocycles. The molecule has 2 N–H and O–H groups in total. The number of anilines is 1. The number of para-hydroxylation sites is 1. The average Bonchev–Trinajstić information content (AvgIpc) is 2.88. The molecule has 0 fully saturated rings. The van der Waals surface area contributed by atoms with Crippen molar-refractivity contribution in [2.75, 3.05) is 17.9 Å². The summed E-state index contributed by atoms with van der Waals surface area (Å²) >= 11 is 0. The van der Waals surface area contributed by atoms with Gasteiger partial charge >= 0.3 is 5.97 Å². The van der Waals surface area contributed by atoms with Gasteiger partial charge in [0.2, 0.25) is 0 Å². The van der Waals surface area contributed by atoms with Gasteiger partial charge < -0.3 is 19.5 Å². The zero-order valence-corrected chi connectivity index (χ0v) is 20.6. The smallest absolute Gasteiger partial charge is 0.341 e. The standard InChI is InChI=1S/C26H26N2O7S/c1-17(19-8-4-3-5-9-19)27-25(29)18(2)35-26(30)21-10-6-7-11-22(21)28-36(31,32)20-12-13-23-24(16-20)34-15-14-33-23/h3-13,16-18,28H,14-15H2,1-2H3,(H,27,29)/t17-,18+/m1/s1. The second-order valence-corrected chi connectivity index (χ2v) is 9.83. The van der Waals surface area contributed by atoms with E-state index in [1.807, 2.05) is 37.3 Å². The minimum absolute atomic E-state index is 0.0163. The molecule has 1 aliphatic rings. The number of carbonyl (C=O) groups excluding carboxylic acids is 2. The third-order valence-corrected chi connectivity index (χ3v) is 6.89. The zero-order chi connectivity index (χ0) is 25.7. The molecule has 1 heterocycles. The molecule has 9 nitrogen and oxygen atoms in total. The number of nitrogens with one attached hydrogen (secondary N) is 2. The third-order valence-electron chi connectivity index (χ3n) is 5.53. The van der Waals surface area contributed by atoms with Crippen molar-refractivity contribution >= 4 is 27.6 Å². The van der Waals surface area contributed by atoms with Crippen molar-refractivity contribution in [3.05, 3.63) is 83.9 Å². The van der Waals surface area contributed by atoms with E-state index >= 15 is 0 Å². The van der Waals surface area contributed by atoms with Crippen LogP contribution in [-0.4, -0.2) is 39.6 Å². The minimum atomic E-state index is -4.07. The van der Waals surface area contributed by atoms with Crippen LogP contribution in [-0.2, 0) is 19.6 Å². The fraction of sp³-hybridized carbons (Fsp3) is 0.231. The van der Waals surface area contributed by atoms with Crippen LogP contribution >= 0.6 is 0 Å². The Kier molecular flexibility index (Phi) is 7.44. The van der Waals surface area contributed by atoms with Gasteiger partial charge in [-0.3, -0.25) is 9.52 Å². The number of fused-ring (bicyclic) bond motifs is 1. The normalized spacial score (nSPS) is 14.3. The molecule has 2 atom stereocenters. The Morgan fingerprint density at radius 2 is 1.56 bits per heavy atom. The molecule has 0 saturated carbocycles. The van der Waals surface area contributed by atoms with E-state index in [4.69, 9.17) is 14.2 Å². The molecule has 4 rings (SSSR count). The summed E-state index contributed by atoms with van der Waals surface area (Å²) in [6.45, 7) is 3.97. The lowest BCUT2D eigenvalue weighted by molar-refractivity contribution is -0.129. The van der Waals surface area contributed by atoms with Gasteiger partial charge in [-0.05, 0) is 43.7 Å². The van der Waals surface area contributed by atoms with Gasteiger partial charge in [0.25, 0.3) is 15.9 Å². The van der Waals surface area contributed by atoms with Gasteiger partial charge in [0.05, 0.1) is 22.2 Å². The van der Waals surface area contributed by atoms with Crippen LogP contribution in [0, 0.1) is 0 Å². The average molecular weight is 511 g/mol. The Hall–Kier alpha value is -4.05.